The van der Waals surface area contributed by atoms with Crippen LogP contribution in [-0.2, 0) is 17.4 Å². The first-order valence-electron chi connectivity index (χ1n) is 5.91. The minimum absolute atomic E-state index is 0.00329. The Labute approximate surface area is 109 Å². The zero-order valence-corrected chi connectivity index (χ0v) is 10.9. The van der Waals surface area contributed by atoms with E-state index in [1.54, 1.807) is 13.8 Å². The molecule has 0 fully saturated rings. The number of benzene rings is 1. The monoisotopic (exact) mass is 275 g/mol. The Bertz CT molecular complexity index is 482. The molecule has 1 rings (SSSR count). The van der Waals surface area contributed by atoms with Crippen molar-refractivity contribution in [2.75, 3.05) is 5.32 Å². The van der Waals surface area contributed by atoms with E-state index in [1.807, 2.05) is 0 Å². The molecule has 0 aromatic heterocycles. The Morgan fingerprint density at radius 3 is 2.37 bits per heavy atom. The van der Waals surface area contributed by atoms with E-state index < -0.39 is 17.5 Å². The Morgan fingerprint density at radius 2 is 1.95 bits per heavy atom. The quantitative estimate of drug-likeness (QED) is 0.828. The van der Waals surface area contributed by atoms with E-state index in [4.69, 9.17) is 0 Å². The maximum Gasteiger partial charge on any atom is 0.416 e. The number of anilines is 1. The highest BCUT2D eigenvalue weighted by molar-refractivity contribution is 5.93. The second-order valence-corrected chi connectivity index (χ2v) is 4.48. The third kappa shape index (κ3) is 3.39. The van der Waals surface area contributed by atoms with Crippen LogP contribution in [0.3, 0.4) is 0 Å². The fraction of sp³-hybridized carbons (Fsp3) is 0.462. The first-order chi connectivity index (χ1) is 8.68. The lowest BCUT2D eigenvalue weighted by molar-refractivity contribution is -0.138. The number of nitrogens with one attached hydrogen (secondary N) is 1. The average Bonchev–Trinajstić information content (AvgIpc) is 2.29. The van der Waals surface area contributed by atoms with E-state index in [2.05, 4.69) is 5.32 Å². The molecular weight excluding hydrogens is 259 g/mol. The smallest absolute Gasteiger partial charge is 0.416 e. The van der Waals surface area contributed by atoms with Crippen molar-refractivity contribution in [3.63, 3.8) is 0 Å². The van der Waals surface area contributed by atoms with Crippen LogP contribution < -0.4 is 5.32 Å². The number of alkyl halides is 3. The van der Waals surface area contributed by atoms with Crippen molar-refractivity contribution in [1.29, 1.82) is 0 Å². The molecule has 0 radical (unpaired) electrons. The van der Waals surface area contributed by atoms with Crippen LogP contribution in [0.25, 0.3) is 0 Å². The highest BCUT2D eigenvalue weighted by Crippen LogP contribution is 2.39. The first kappa shape index (κ1) is 15.3. The number of aromatic hydroxyl groups is 1. The summed E-state index contributed by atoms with van der Waals surface area (Å²) in [5.74, 6) is -1.21. The molecule has 0 unspecified atom stereocenters. The molecule has 1 amide bonds. The van der Waals surface area contributed by atoms with E-state index >= 15 is 0 Å². The van der Waals surface area contributed by atoms with Crippen molar-refractivity contribution in [3.8, 4) is 5.75 Å². The van der Waals surface area contributed by atoms with Crippen LogP contribution >= 0.6 is 0 Å². The number of phenolic OH excluding ortho intramolecular Hbond substituents is 1. The van der Waals surface area contributed by atoms with Gasteiger partial charge in [0.1, 0.15) is 5.75 Å². The van der Waals surface area contributed by atoms with Crippen molar-refractivity contribution >= 4 is 11.6 Å². The summed E-state index contributed by atoms with van der Waals surface area (Å²) in [5, 5.41) is 12.3. The summed E-state index contributed by atoms with van der Waals surface area (Å²) >= 11 is 0. The predicted octanol–water partition coefficient (Wildman–Crippen LogP) is 3.57. The molecule has 6 heteroatoms. The molecule has 0 aliphatic heterocycles. The van der Waals surface area contributed by atoms with Crippen molar-refractivity contribution in [2.24, 2.45) is 5.92 Å². The van der Waals surface area contributed by atoms with Crippen LogP contribution in [0.2, 0.25) is 0 Å². The summed E-state index contributed by atoms with van der Waals surface area (Å²) in [5.41, 5.74) is -1.09. The molecule has 1 aromatic rings. The normalized spacial score (nSPS) is 11.7. The minimum atomic E-state index is -4.52. The van der Waals surface area contributed by atoms with Gasteiger partial charge >= 0.3 is 6.18 Å². The number of carbonyl (C=O) groups excluding carboxylic acids is 1. The number of hydrogen-bond donors (Lipinski definition) is 2. The largest absolute Gasteiger partial charge is 0.505 e. The molecule has 0 bridgehead atoms. The van der Waals surface area contributed by atoms with Gasteiger partial charge in [0.25, 0.3) is 0 Å². The molecule has 2 N–H and O–H groups in total. The van der Waals surface area contributed by atoms with Crippen molar-refractivity contribution < 1.29 is 23.1 Å². The van der Waals surface area contributed by atoms with Crippen LogP contribution in [0, 0.1) is 5.92 Å². The van der Waals surface area contributed by atoms with E-state index in [1.165, 1.54) is 6.92 Å². The van der Waals surface area contributed by atoms with Crippen LogP contribution in [0.4, 0.5) is 18.9 Å². The zero-order chi connectivity index (χ0) is 14.8. The number of amides is 1. The third-order valence-electron chi connectivity index (χ3n) is 2.72. The van der Waals surface area contributed by atoms with Crippen molar-refractivity contribution in [1.82, 2.24) is 0 Å². The molecule has 3 nitrogen and oxygen atoms in total. The second kappa shape index (κ2) is 5.50. The fourth-order valence-electron chi connectivity index (χ4n) is 1.64. The van der Waals surface area contributed by atoms with E-state index in [0.717, 1.165) is 12.1 Å². The van der Waals surface area contributed by atoms with Gasteiger partial charge in [0.15, 0.2) is 0 Å². The van der Waals surface area contributed by atoms with Crippen LogP contribution in [0.1, 0.15) is 31.9 Å². The lowest BCUT2D eigenvalue weighted by Gasteiger charge is -2.17. The zero-order valence-electron chi connectivity index (χ0n) is 10.9. The highest BCUT2D eigenvalue weighted by atomic mass is 19.4. The number of hydrogen-bond acceptors (Lipinski definition) is 2. The fourth-order valence-corrected chi connectivity index (χ4v) is 1.64. The Kier molecular flexibility index (Phi) is 4.44. The number of halogens is 3. The van der Waals surface area contributed by atoms with E-state index in [0.29, 0.717) is 0 Å². The maximum absolute atomic E-state index is 12.7. The summed E-state index contributed by atoms with van der Waals surface area (Å²) in [4.78, 5) is 11.5. The van der Waals surface area contributed by atoms with Gasteiger partial charge in [0.05, 0.1) is 11.3 Å². The standard InChI is InChI=1S/C13H16F3NO2/c1-4-8-9(13(14,15)16)5-6-10(11(8)18)17-12(19)7(2)3/h5-7,18H,4H2,1-3H3,(H,17,19). The van der Waals surface area contributed by atoms with E-state index in [9.17, 15) is 23.1 Å². The molecule has 0 spiro atoms. The van der Waals surface area contributed by atoms with Crippen molar-refractivity contribution in [2.45, 2.75) is 33.4 Å². The molecular formula is C13H16F3NO2. The van der Waals surface area contributed by atoms with Gasteiger partial charge in [-0.05, 0) is 18.6 Å². The predicted molar refractivity (Wildman–Crippen MR) is 66.0 cm³/mol. The molecule has 1 aromatic carbocycles. The molecule has 0 aliphatic carbocycles. The summed E-state index contributed by atoms with van der Waals surface area (Å²) in [7, 11) is 0. The van der Waals surface area contributed by atoms with Gasteiger partial charge in [-0.15, -0.1) is 0 Å². The van der Waals surface area contributed by atoms with E-state index in [-0.39, 0.29) is 29.5 Å². The molecule has 0 saturated heterocycles. The summed E-state index contributed by atoms with van der Waals surface area (Å²) < 4.78 is 38.2. The molecule has 0 saturated carbocycles. The average molecular weight is 275 g/mol. The molecule has 106 valence electrons. The van der Waals surface area contributed by atoms with Crippen molar-refractivity contribution in [3.05, 3.63) is 23.3 Å². The van der Waals surface area contributed by atoms with Crippen LogP contribution in [0.5, 0.6) is 5.75 Å². The Balaban J connectivity index is 3.22. The van der Waals surface area contributed by atoms with Crippen LogP contribution in [0.15, 0.2) is 12.1 Å². The van der Waals surface area contributed by atoms with Gasteiger partial charge in [-0.3, -0.25) is 4.79 Å². The lowest BCUT2D eigenvalue weighted by atomic mass is 10.0. The number of carbonyl (C=O) groups is 1. The lowest BCUT2D eigenvalue weighted by Crippen LogP contribution is -2.18. The first-order valence-corrected chi connectivity index (χ1v) is 5.91. The van der Waals surface area contributed by atoms with Gasteiger partial charge < -0.3 is 10.4 Å². The van der Waals surface area contributed by atoms with Gasteiger partial charge in [-0.1, -0.05) is 20.8 Å². The Morgan fingerprint density at radius 1 is 1.37 bits per heavy atom. The second-order valence-electron chi connectivity index (χ2n) is 4.48. The summed E-state index contributed by atoms with van der Waals surface area (Å²) in [6, 6.07) is 1.94. The van der Waals surface area contributed by atoms with Gasteiger partial charge in [0.2, 0.25) is 5.91 Å². The minimum Gasteiger partial charge on any atom is -0.505 e. The maximum atomic E-state index is 12.7. The van der Waals surface area contributed by atoms with Gasteiger partial charge in [0, 0.05) is 11.5 Å². The summed E-state index contributed by atoms with van der Waals surface area (Å²) in [6.07, 6.45) is -4.50. The number of rotatable bonds is 3. The number of phenols is 1. The third-order valence-corrected chi connectivity index (χ3v) is 2.72. The Hall–Kier alpha value is -1.72. The summed E-state index contributed by atoms with van der Waals surface area (Å²) in [6.45, 7) is 4.81. The topological polar surface area (TPSA) is 49.3 Å². The highest BCUT2D eigenvalue weighted by Gasteiger charge is 2.34. The molecule has 19 heavy (non-hydrogen) atoms. The SMILES string of the molecule is CCc1c(C(F)(F)F)ccc(NC(=O)C(C)C)c1O. The molecule has 0 atom stereocenters. The molecule has 0 aliphatic rings. The van der Waals surface area contributed by atoms with Crippen LogP contribution in [-0.4, -0.2) is 11.0 Å². The van der Waals surface area contributed by atoms with Gasteiger partial charge in [-0.2, -0.15) is 13.2 Å². The van der Waals surface area contributed by atoms with Gasteiger partial charge in [-0.25, -0.2) is 0 Å². The molecule has 0 heterocycles.